The number of nitriles is 1. The molecular formula is C25H31N3O6S. The van der Waals surface area contributed by atoms with Crippen LogP contribution in [0.15, 0.2) is 47.4 Å². The Kier molecular flexibility index (Phi) is 8.51. The predicted molar refractivity (Wildman–Crippen MR) is 130 cm³/mol. The van der Waals surface area contributed by atoms with E-state index < -0.39 is 22.2 Å². The molecule has 9 nitrogen and oxygen atoms in total. The van der Waals surface area contributed by atoms with Crippen molar-refractivity contribution in [2.24, 2.45) is 5.92 Å². The number of benzene rings is 2. The number of carbonyl (C=O) groups excluding carboxylic acids is 1. The monoisotopic (exact) mass is 501 g/mol. The van der Waals surface area contributed by atoms with Gasteiger partial charge in [0.05, 0.1) is 24.8 Å². The van der Waals surface area contributed by atoms with E-state index in [4.69, 9.17) is 14.7 Å². The van der Waals surface area contributed by atoms with Gasteiger partial charge in [0.15, 0.2) is 0 Å². The van der Waals surface area contributed by atoms with Crippen LogP contribution in [0.25, 0.3) is 11.1 Å². The highest BCUT2D eigenvalue weighted by Crippen LogP contribution is 2.36. The van der Waals surface area contributed by atoms with Gasteiger partial charge in [-0.2, -0.15) is 9.57 Å². The second kappa shape index (κ2) is 11.2. The van der Waals surface area contributed by atoms with Crippen molar-refractivity contribution in [3.8, 4) is 22.9 Å². The Labute approximate surface area is 206 Å². The van der Waals surface area contributed by atoms with Gasteiger partial charge in [-0.15, -0.1) is 0 Å². The third-order valence-electron chi connectivity index (χ3n) is 6.16. The summed E-state index contributed by atoms with van der Waals surface area (Å²) in [6.07, 6.45) is -0.514. The molecule has 0 bridgehead atoms. The third-order valence-corrected chi connectivity index (χ3v) is 8.18. The Hall–Kier alpha value is -2.97. The van der Waals surface area contributed by atoms with Gasteiger partial charge < -0.3 is 19.5 Å². The molecule has 0 radical (unpaired) electrons. The lowest BCUT2D eigenvalue weighted by Crippen LogP contribution is -2.50. The SMILES string of the molecule is COCC(=O)N(C)C[C@H]1Oc2cc(-c3ccc(C#N)cc3)ccc2S(=O)(=O)N([C@H](C)CO)C[C@@H]1C. The van der Waals surface area contributed by atoms with Crippen molar-refractivity contribution < 1.29 is 27.8 Å². The molecule has 0 unspecified atom stereocenters. The molecule has 0 fully saturated rings. The van der Waals surface area contributed by atoms with Gasteiger partial charge >= 0.3 is 0 Å². The number of ether oxygens (including phenoxy) is 2. The molecule has 0 aromatic heterocycles. The molecule has 3 atom stereocenters. The molecule has 3 rings (SSSR count). The van der Waals surface area contributed by atoms with E-state index in [2.05, 4.69) is 6.07 Å². The highest BCUT2D eigenvalue weighted by molar-refractivity contribution is 7.89. The molecule has 2 aromatic rings. The van der Waals surface area contributed by atoms with Crippen LogP contribution in [-0.4, -0.2) is 81.2 Å². The number of nitrogens with zero attached hydrogens (tertiary/aromatic N) is 3. The molecule has 10 heteroatoms. The molecule has 1 aliphatic heterocycles. The number of aliphatic hydroxyl groups is 1. The quantitative estimate of drug-likeness (QED) is 0.617. The smallest absolute Gasteiger partial charge is 0.248 e. The topological polar surface area (TPSA) is 120 Å². The highest BCUT2D eigenvalue weighted by atomic mass is 32.2. The minimum Gasteiger partial charge on any atom is -0.487 e. The van der Waals surface area contributed by atoms with Crippen LogP contribution < -0.4 is 4.74 Å². The van der Waals surface area contributed by atoms with E-state index in [1.807, 2.05) is 6.92 Å². The van der Waals surface area contributed by atoms with E-state index >= 15 is 0 Å². The average molecular weight is 502 g/mol. The molecule has 1 aliphatic rings. The zero-order valence-corrected chi connectivity index (χ0v) is 21.2. The van der Waals surface area contributed by atoms with E-state index in [-0.39, 0.29) is 48.8 Å². The van der Waals surface area contributed by atoms with Crippen LogP contribution >= 0.6 is 0 Å². The summed E-state index contributed by atoms with van der Waals surface area (Å²) >= 11 is 0. The maximum absolute atomic E-state index is 13.6. The first-order valence-corrected chi connectivity index (χ1v) is 12.7. The summed E-state index contributed by atoms with van der Waals surface area (Å²) in [6.45, 7) is 3.47. The number of aliphatic hydroxyl groups excluding tert-OH is 1. The van der Waals surface area contributed by atoms with Crippen LogP contribution in [0, 0.1) is 17.2 Å². The highest BCUT2D eigenvalue weighted by Gasteiger charge is 2.38. The van der Waals surface area contributed by atoms with E-state index in [1.54, 1.807) is 50.4 Å². The van der Waals surface area contributed by atoms with Gasteiger partial charge in [-0.05, 0) is 42.3 Å². The van der Waals surface area contributed by atoms with Crippen molar-refractivity contribution in [3.63, 3.8) is 0 Å². The summed E-state index contributed by atoms with van der Waals surface area (Å²) in [6, 6.07) is 13.3. The van der Waals surface area contributed by atoms with Crippen molar-refractivity contribution in [2.45, 2.75) is 30.9 Å². The largest absolute Gasteiger partial charge is 0.487 e. The lowest BCUT2D eigenvalue weighted by atomic mass is 10.0. The van der Waals surface area contributed by atoms with Gasteiger partial charge in [0, 0.05) is 32.7 Å². The van der Waals surface area contributed by atoms with E-state index in [0.717, 1.165) is 11.1 Å². The number of hydrogen-bond donors (Lipinski definition) is 1. The minimum atomic E-state index is -3.97. The maximum atomic E-state index is 13.6. The van der Waals surface area contributed by atoms with Crippen LogP contribution in [0.4, 0.5) is 0 Å². The summed E-state index contributed by atoms with van der Waals surface area (Å²) in [5.41, 5.74) is 2.04. The second-order valence-corrected chi connectivity index (χ2v) is 10.7. The fraction of sp³-hybridized carbons (Fsp3) is 0.440. The molecule has 1 heterocycles. The lowest BCUT2D eigenvalue weighted by Gasteiger charge is -2.37. The molecule has 0 saturated carbocycles. The van der Waals surface area contributed by atoms with E-state index in [0.29, 0.717) is 5.56 Å². The summed E-state index contributed by atoms with van der Waals surface area (Å²) in [5, 5.41) is 18.8. The molecule has 0 saturated heterocycles. The van der Waals surface area contributed by atoms with Crippen LogP contribution in [0.5, 0.6) is 5.75 Å². The maximum Gasteiger partial charge on any atom is 0.248 e. The molecule has 2 aromatic carbocycles. The predicted octanol–water partition coefficient (Wildman–Crippen LogP) is 2.10. The Morgan fingerprint density at radius 1 is 1.29 bits per heavy atom. The zero-order valence-electron chi connectivity index (χ0n) is 20.3. The zero-order chi connectivity index (χ0) is 25.8. The van der Waals surface area contributed by atoms with Gasteiger partial charge in [0.1, 0.15) is 23.4 Å². The van der Waals surface area contributed by atoms with E-state index in [1.165, 1.54) is 22.4 Å². The van der Waals surface area contributed by atoms with Gasteiger partial charge in [-0.1, -0.05) is 25.1 Å². The fourth-order valence-electron chi connectivity index (χ4n) is 3.97. The van der Waals surface area contributed by atoms with Crippen molar-refractivity contribution in [3.05, 3.63) is 48.0 Å². The molecule has 1 N–H and O–H groups in total. The standard InChI is InChI=1S/C25H31N3O6S/c1-17-13-28(18(2)15-29)35(31,32)24-10-9-21(20-7-5-19(12-26)6-8-20)11-22(24)34-23(17)14-27(3)25(30)16-33-4/h5-11,17-18,23,29H,13-16H2,1-4H3/t17-,18+,23+/m0/s1. The number of rotatable bonds is 7. The molecule has 0 spiro atoms. The Morgan fingerprint density at radius 3 is 2.54 bits per heavy atom. The third kappa shape index (κ3) is 5.82. The average Bonchev–Trinajstić information content (AvgIpc) is 2.85. The summed E-state index contributed by atoms with van der Waals surface area (Å²) in [5.74, 6) is -0.334. The van der Waals surface area contributed by atoms with Crippen LogP contribution in [0.2, 0.25) is 0 Å². The molecule has 188 valence electrons. The van der Waals surface area contributed by atoms with Crippen molar-refractivity contribution in [1.82, 2.24) is 9.21 Å². The van der Waals surface area contributed by atoms with E-state index in [9.17, 15) is 18.3 Å². The molecule has 0 aliphatic carbocycles. The first-order valence-electron chi connectivity index (χ1n) is 11.3. The normalized spacial score (nSPS) is 20.5. The van der Waals surface area contributed by atoms with Gasteiger partial charge in [-0.3, -0.25) is 4.79 Å². The van der Waals surface area contributed by atoms with Gasteiger partial charge in [-0.25, -0.2) is 8.42 Å². The Bertz CT molecular complexity index is 1190. The number of likely N-dealkylation sites (N-methyl/N-ethyl adjacent to an activating group) is 1. The van der Waals surface area contributed by atoms with Crippen molar-refractivity contribution in [1.29, 1.82) is 5.26 Å². The summed E-state index contributed by atoms with van der Waals surface area (Å²) < 4.78 is 39.7. The Morgan fingerprint density at radius 2 is 1.94 bits per heavy atom. The summed E-state index contributed by atoms with van der Waals surface area (Å²) in [7, 11) is -0.876. The number of hydrogen-bond acceptors (Lipinski definition) is 7. The summed E-state index contributed by atoms with van der Waals surface area (Å²) in [4.78, 5) is 13.8. The van der Waals surface area contributed by atoms with Crippen LogP contribution in [-0.2, 0) is 19.6 Å². The van der Waals surface area contributed by atoms with Gasteiger partial charge in [0.2, 0.25) is 15.9 Å². The number of fused-ring (bicyclic) bond motifs is 1. The first kappa shape index (κ1) is 26.6. The number of amides is 1. The minimum absolute atomic E-state index is 0.00188. The second-order valence-electron chi connectivity index (χ2n) is 8.80. The number of methoxy groups -OCH3 is 1. The number of carbonyl (C=O) groups is 1. The van der Waals surface area contributed by atoms with Crippen molar-refractivity contribution >= 4 is 15.9 Å². The molecule has 1 amide bonds. The van der Waals surface area contributed by atoms with Crippen LogP contribution in [0.3, 0.4) is 0 Å². The first-order chi connectivity index (χ1) is 16.6. The molecular weight excluding hydrogens is 470 g/mol. The lowest BCUT2D eigenvalue weighted by molar-refractivity contribution is -0.135. The fourth-order valence-corrected chi connectivity index (χ4v) is 5.79. The van der Waals surface area contributed by atoms with Crippen molar-refractivity contribution in [2.75, 3.05) is 40.5 Å². The van der Waals surface area contributed by atoms with Gasteiger partial charge in [0.25, 0.3) is 0 Å². The van der Waals surface area contributed by atoms with Crippen LogP contribution in [0.1, 0.15) is 19.4 Å². The number of sulfonamides is 1. The molecule has 35 heavy (non-hydrogen) atoms. The Balaban J connectivity index is 2.09.